The maximum absolute atomic E-state index is 11.8. The number of fused-ring (bicyclic) bond motifs is 1. The van der Waals surface area contributed by atoms with Crippen molar-refractivity contribution in [2.24, 2.45) is 5.10 Å². The van der Waals surface area contributed by atoms with Crippen LogP contribution in [-0.2, 0) is 17.6 Å². The topological polar surface area (TPSA) is 63.6 Å². The molecule has 1 N–H and O–H groups in total. The van der Waals surface area contributed by atoms with Crippen LogP contribution in [0.4, 0.5) is 0 Å². The number of carbonyl (C=O) groups excluding carboxylic acids is 1. The Morgan fingerprint density at radius 2 is 2.04 bits per heavy atom. The Bertz CT molecular complexity index is 747. The highest BCUT2D eigenvalue weighted by atomic mass is 79.9. The van der Waals surface area contributed by atoms with Crippen LogP contribution in [0.3, 0.4) is 0 Å². The lowest BCUT2D eigenvalue weighted by Gasteiger charge is -2.19. The number of ether oxygens (including phenoxy) is 1. The highest BCUT2D eigenvalue weighted by Gasteiger charge is 2.16. The van der Waals surface area contributed by atoms with Gasteiger partial charge in [0.1, 0.15) is 5.75 Å². The van der Waals surface area contributed by atoms with E-state index in [9.17, 15) is 4.79 Å². The van der Waals surface area contributed by atoms with Crippen LogP contribution < -0.4 is 10.2 Å². The summed E-state index contributed by atoms with van der Waals surface area (Å²) in [5, 5.41) is 3.90. The number of halogens is 1. The number of nitrogens with one attached hydrogen (secondary N) is 1. The number of carbonyl (C=O) groups is 1. The third kappa shape index (κ3) is 4.20. The predicted octanol–water partition coefficient (Wildman–Crippen LogP) is 3.25. The van der Waals surface area contributed by atoms with Crippen LogP contribution in [0, 0.1) is 0 Å². The van der Waals surface area contributed by atoms with E-state index in [-0.39, 0.29) is 12.5 Å². The first-order valence-corrected chi connectivity index (χ1v) is 8.68. The Labute approximate surface area is 149 Å². The summed E-state index contributed by atoms with van der Waals surface area (Å²) in [6, 6.07) is 7.61. The second kappa shape index (κ2) is 8.06. The number of aryl methyl sites for hydroxylation is 1. The van der Waals surface area contributed by atoms with Gasteiger partial charge >= 0.3 is 0 Å². The zero-order valence-corrected chi connectivity index (χ0v) is 14.8. The molecule has 1 heterocycles. The van der Waals surface area contributed by atoms with Crippen LogP contribution in [0.15, 0.2) is 46.2 Å². The highest BCUT2D eigenvalue weighted by Crippen LogP contribution is 2.35. The molecule has 1 aromatic carbocycles. The maximum atomic E-state index is 11.8. The standard InChI is InChI=1S/C18H18BrN3O2/c19-18-15-4-2-1-3-14(15)5-6-16(18)24-12-17(23)22-21-11-13-7-9-20-10-8-13/h5-11H,1-4,12H2,(H,22,23)/b21-11-. The number of pyridine rings is 1. The fourth-order valence-electron chi connectivity index (χ4n) is 2.68. The lowest BCUT2D eigenvalue weighted by Crippen LogP contribution is -2.24. The third-order valence-corrected chi connectivity index (χ3v) is 4.76. The summed E-state index contributed by atoms with van der Waals surface area (Å²) < 4.78 is 6.59. The maximum Gasteiger partial charge on any atom is 0.277 e. The third-order valence-electron chi connectivity index (χ3n) is 3.90. The molecule has 2 aromatic rings. The Kier molecular flexibility index (Phi) is 5.59. The van der Waals surface area contributed by atoms with Gasteiger partial charge in [-0.05, 0) is 76.5 Å². The number of benzene rings is 1. The molecule has 1 amide bonds. The molecule has 0 radical (unpaired) electrons. The molecule has 1 aliphatic carbocycles. The summed E-state index contributed by atoms with van der Waals surface area (Å²) in [5.74, 6) is 0.397. The molecule has 6 heteroatoms. The molecule has 5 nitrogen and oxygen atoms in total. The molecule has 3 rings (SSSR count). The molecule has 1 aliphatic rings. The van der Waals surface area contributed by atoms with E-state index in [1.165, 1.54) is 24.0 Å². The number of hydrogen-bond donors (Lipinski definition) is 1. The van der Waals surface area contributed by atoms with Gasteiger partial charge in [-0.1, -0.05) is 6.07 Å². The zero-order valence-electron chi connectivity index (χ0n) is 13.2. The van der Waals surface area contributed by atoms with E-state index in [1.54, 1.807) is 30.7 Å². The second-order valence-electron chi connectivity index (χ2n) is 5.58. The van der Waals surface area contributed by atoms with Crippen LogP contribution in [-0.4, -0.2) is 23.7 Å². The molecular formula is C18H18BrN3O2. The van der Waals surface area contributed by atoms with Gasteiger partial charge in [0.25, 0.3) is 5.91 Å². The average molecular weight is 388 g/mol. The molecule has 0 spiro atoms. The fourth-order valence-corrected chi connectivity index (χ4v) is 3.38. The molecule has 0 fully saturated rings. The van der Waals surface area contributed by atoms with Crippen LogP contribution in [0.2, 0.25) is 0 Å². The molecule has 0 bridgehead atoms. The number of nitrogens with zero attached hydrogens (tertiary/aromatic N) is 2. The van der Waals surface area contributed by atoms with Crippen molar-refractivity contribution in [3.05, 3.63) is 57.8 Å². The minimum atomic E-state index is -0.301. The van der Waals surface area contributed by atoms with Gasteiger partial charge in [0.2, 0.25) is 0 Å². The number of hydrazone groups is 1. The summed E-state index contributed by atoms with van der Waals surface area (Å²) in [7, 11) is 0. The van der Waals surface area contributed by atoms with Crippen LogP contribution >= 0.6 is 15.9 Å². The van der Waals surface area contributed by atoms with Crippen LogP contribution in [0.5, 0.6) is 5.75 Å². The number of rotatable bonds is 5. The van der Waals surface area contributed by atoms with Gasteiger partial charge in [0.05, 0.1) is 10.7 Å². The van der Waals surface area contributed by atoms with Crippen molar-refractivity contribution in [3.63, 3.8) is 0 Å². The highest BCUT2D eigenvalue weighted by molar-refractivity contribution is 9.10. The quantitative estimate of drug-likeness (QED) is 0.632. The molecule has 124 valence electrons. The molecule has 0 unspecified atom stereocenters. The summed E-state index contributed by atoms with van der Waals surface area (Å²) in [5.41, 5.74) is 5.99. The minimum Gasteiger partial charge on any atom is -0.483 e. The van der Waals surface area contributed by atoms with Gasteiger partial charge in [0, 0.05) is 12.4 Å². The van der Waals surface area contributed by atoms with Crippen molar-refractivity contribution in [1.29, 1.82) is 0 Å². The van der Waals surface area contributed by atoms with E-state index in [0.717, 1.165) is 22.9 Å². The van der Waals surface area contributed by atoms with E-state index in [2.05, 4.69) is 37.5 Å². The molecule has 0 saturated heterocycles. The van der Waals surface area contributed by atoms with Crippen molar-refractivity contribution in [2.45, 2.75) is 25.7 Å². The normalized spacial score (nSPS) is 13.5. The van der Waals surface area contributed by atoms with E-state index in [4.69, 9.17) is 4.74 Å². The van der Waals surface area contributed by atoms with E-state index in [0.29, 0.717) is 5.75 Å². The first-order chi connectivity index (χ1) is 11.7. The Morgan fingerprint density at radius 3 is 2.88 bits per heavy atom. The van der Waals surface area contributed by atoms with E-state index < -0.39 is 0 Å². The van der Waals surface area contributed by atoms with Crippen molar-refractivity contribution in [3.8, 4) is 5.75 Å². The zero-order chi connectivity index (χ0) is 16.8. The van der Waals surface area contributed by atoms with Crippen molar-refractivity contribution >= 4 is 28.1 Å². The first kappa shape index (κ1) is 16.6. The number of amides is 1. The number of aromatic nitrogens is 1. The summed E-state index contributed by atoms with van der Waals surface area (Å²) in [6.45, 7) is -0.0783. The average Bonchev–Trinajstić information content (AvgIpc) is 2.62. The van der Waals surface area contributed by atoms with Crippen molar-refractivity contribution in [2.75, 3.05) is 6.61 Å². The van der Waals surface area contributed by atoms with Crippen molar-refractivity contribution < 1.29 is 9.53 Å². The fraction of sp³-hybridized carbons (Fsp3) is 0.278. The molecule has 0 aliphatic heterocycles. The Hall–Kier alpha value is -2.21. The molecule has 1 aromatic heterocycles. The number of hydrogen-bond acceptors (Lipinski definition) is 4. The second-order valence-corrected chi connectivity index (χ2v) is 6.38. The summed E-state index contributed by atoms with van der Waals surface area (Å²) >= 11 is 3.61. The molecule has 0 saturated carbocycles. The van der Waals surface area contributed by atoms with Gasteiger partial charge in [-0.2, -0.15) is 5.10 Å². The van der Waals surface area contributed by atoms with Gasteiger partial charge in [-0.15, -0.1) is 0 Å². The Balaban J connectivity index is 1.54. The summed E-state index contributed by atoms with van der Waals surface area (Å²) in [4.78, 5) is 15.7. The largest absolute Gasteiger partial charge is 0.483 e. The molecule has 0 atom stereocenters. The van der Waals surface area contributed by atoms with E-state index >= 15 is 0 Å². The van der Waals surface area contributed by atoms with Gasteiger partial charge in [-0.3, -0.25) is 9.78 Å². The lowest BCUT2D eigenvalue weighted by atomic mass is 9.92. The van der Waals surface area contributed by atoms with Crippen LogP contribution in [0.1, 0.15) is 29.5 Å². The predicted molar refractivity (Wildman–Crippen MR) is 96.3 cm³/mol. The lowest BCUT2D eigenvalue weighted by molar-refractivity contribution is -0.123. The van der Waals surface area contributed by atoms with Crippen LogP contribution in [0.25, 0.3) is 0 Å². The molecule has 24 heavy (non-hydrogen) atoms. The SMILES string of the molecule is O=C(COc1ccc2c(c1Br)CCCC2)N/N=C\c1ccncc1. The van der Waals surface area contributed by atoms with Gasteiger partial charge in [-0.25, -0.2) is 5.43 Å². The minimum absolute atomic E-state index is 0.0783. The van der Waals surface area contributed by atoms with Gasteiger partial charge < -0.3 is 4.74 Å². The molecular weight excluding hydrogens is 370 g/mol. The van der Waals surface area contributed by atoms with E-state index in [1.807, 2.05) is 6.07 Å². The monoisotopic (exact) mass is 387 g/mol. The summed E-state index contributed by atoms with van der Waals surface area (Å²) in [6.07, 6.45) is 9.49. The smallest absolute Gasteiger partial charge is 0.277 e. The van der Waals surface area contributed by atoms with Crippen molar-refractivity contribution in [1.82, 2.24) is 10.4 Å². The Morgan fingerprint density at radius 1 is 1.25 bits per heavy atom. The van der Waals surface area contributed by atoms with Gasteiger partial charge in [0.15, 0.2) is 6.61 Å². The first-order valence-electron chi connectivity index (χ1n) is 7.89.